The minimum Gasteiger partial charge on any atom is -0.493 e. The molecule has 0 aliphatic carbocycles. The molecule has 3 rings (SSSR count). The molecule has 0 unspecified atom stereocenters. The molecular weight excluding hydrogens is 485 g/mol. The van der Waals surface area contributed by atoms with Crippen LogP contribution < -0.4 is 9.47 Å². The number of halogens is 1. The minimum atomic E-state index is -0.522. The van der Waals surface area contributed by atoms with Crippen LogP contribution in [0.5, 0.6) is 11.5 Å². The van der Waals surface area contributed by atoms with Crippen LogP contribution in [0.25, 0.3) is 6.08 Å². The lowest BCUT2D eigenvalue weighted by molar-refractivity contribution is -0.132. The van der Waals surface area contributed by atoms with Crippen molar-refractivity contribution in [3.63, 3.8) is 0 Å². The van der Waals surface area contributed by atoms with Crippen LogP contribution in [0.2, 0.25) is 0 Å². The molecule has 1 aliphatic heterocycles. The Morgan fingerprint density at radius 2 is 1.90 bits per heavy atom. The summed E-state index contributed by atoms with van der Waals surface area (Å²) in [4.78, 5) is 27.9. The lowest BCUT2D eigenvalue weighted by Gasteiger charge is -2.11. The molecule has 150 valence electrons. The highest BCUT2D eigenvalue weighted by Gasteiger charge is 2.24. The van der Waals surface area contributed by atoms with E-state index in [1.165, 1.54) is 19.6 Å². The maximum atomic E-state index is 12.3. The summed E-state index contributed by atoms with van der Waals surface area (Å²) in [5.41, 5.74) is 2.80. The number of benzene rings is 2. The van der Waals surface area contributed by atoms with Crippen molar-refractivity contribution in [1.29, 1.82) is 0 Å². The zero-order valence-corrected chi connectivity index (χ0v) is 18.6. The molecule has 29 heavy (non-hydrogen) atoms. The first-order valence-corrected chi connectivity index (χ1v) is 10.0. The molecular formula is C22H20INO5. The van der Waals surface area contributed by atoms with Crippen molar-refractivity contribution >= 4 is 46.5 Å². The van der Waals surface area contributed by atoms with Crippen LogP contribution in [0, 0.1) is 3.57 Å². The van der Waals surface area contributed by atoms with E-state index in [-0.39, 0.29) is 11.6 Å². The molecule has 0 fully saturated rings. The van der Waals surface area contributed by atoms with E-state index in [0.717, 1.165) is 5.56 Å². The lowest BCUT2D eigenvalue weighted by atomic mass is 10.0. The molecule has 1 heterocycles. The van der Waals surface area contributed by atoms with Gasteiger partial charge in [-0.2, -0.15) is 0 Å². The van der Waals surface area contributed by atoms with Gasteiger partial charge in [-0.3, -0.25) is 4.79 Å². The molecule has 0 atom stereocenters. The molecule has 1 aliphatic rings. The average molecular weight is 505 g/mol. The van der Waals surface area contributed by atoms with Crippen LogP contribution in [-0.2, 0) is 14.3 Å². The number of methoxy groups -OCH3 is 1. The van der Waals surface area contributed by atoms with Gasteiger partial charge in [-0.1, -0.05) is 26.0 Å². The van der Waals surface area contributed by atoms with E-state index in [0.29, 0.717) is 26.6 Å². The van der Waals surface area contributed by atoms with E-state index in [4.69, 9.17) is 14.2 Å². The third-order valence-electron chi connectivity index (χ3n) is 4.25. The quantitative estimate of drug-likeness (QED) is 0.255. The van der Waals surface area contributed by atoms with Gasteiger partial charge < -0.3 is 14.2 Å². The van der Waals surface area contributed by atoms with Crippen molar-refractivity contribution in [3.8, 4) is 11.5 Å². The molecule has 7 heteroatoms. The van der Waals surface area contributed by atoms with Gasteiger partial charge >= 0.3 is 11.9 Å². The van der Waals surface area contributed by atoms with E-state index >= 15 is 0 Å². The zero-order chi connectivity index (χ0) is 21.1. The molecule has 0 N–H and O–H groups in total. The molecule has 0 amide bonds. The van der Waals surface area contributed by atoms with Gasteiger partial charge in [0.2, 0.25) is 5.90 Å². The van der Waals surface area contributed by atoms with Crippen LogP contribution in [0.1, 0.15) is 43.4 Å². The number of rotatable bonds is 5. The average Bonchev–Trinajstić information content (AvgIpc) is 3.04. The summed E-state index contributed by atoms with van der Waals surface area (Å²) in [6.45, 7) is 5.56. The topological polar surface area (TPSA) is 74.2 Å². The van der Waals surface area contributed by atoms with Crippen LogP contribution >= 0.6 is 22.6 Å². The number of hydrogen-bond acceptors (Lipinski definition) is 6. The summed E-state index contributed by atoms with van der Waals surface area (Å²) >= 11 is 2.04. The number of carbonyl (C=O) groups is 2. The van der Waals surface area contributed by atoms with Crippen molar-refractivity contribution in [2.75, 3.05) is 7.11 Å². The second-order valence-electron chi connectivity index (χ2n) is 6.74. The van der Waals surface area contributed by atoms with Crippen LogP contribution in [-0.4, -0.2) is 24.9 Å². The SMILES string of the molecule is COc1cc(/C=C2\N=C(c3ccc(C(C)C)cc3)OC2=O)cc(I)c1OC(C)=O. The smallest absolute Gasteiger partial charge is 0.363 e. The molecule has 0 aromatic heterocycles. The first-order chi connectivity index (χ1) is 13.8. The van der Waals surface area contributed by atoms with E-state index in [1.807, 2.05) is 46.9 Å². The summed E-state index contributed by atoms with van der Waals surface area (Å²) < 4.78 is 16.5. The summed E-state index contributed by atoms with van der Waals surface area (Å²) in [5, 5.41) is 0. The Morgan fingerprint density at radius 3 is 2.48 bits per heavy atom. The van der Waals surface area contributed by atoms with Crippen LogP contribution in [0.4, 0.5) is 0 Å². The maximum absolute atomic E-state index is 12.3. The monoisotopic (exact) mass is 505 g/mol. The van der Waals surface area contributed by atoms with Gasteiger partial charge in [-0.15, -0.1) is 0 Å². The second-order valence-corrected chi connectivity index (χ2v) is 7.90. The van der Waals surface area contributed by atoms with E-state index in [1.54, 1.807) is 18.2 Å². The van der Waals surface area contributed by atoms with Crippen molar-refractivity contribution in [1.82, 2.24) is 0 Å². The Balaban J connectivity index is 1.92. The van der Waals surface area contributed by atoms with E-state index in [2.05, 4.69) is 18.8 Å². The van der Waals surface area contributed by atoms with Gasteiger partial charge in [0, 0.05) is 12.5 Å². The van der Waals surface area contributed by atoms with Gasteiger partial charge in [-0.25, -0.2) is 9.79 Å². The Labute approximate surface area is 182 Å². The third-order valence-corrected chi connectivity index (χ3v) is 5.05. The first kappa shape index (κ1) is 21.0. The molecule has 0 bridgehead atoms. The fraction of sp³-hybridized carbons (Fsp3) is 0.227. The third kappa shape index (κ3) is 4.84. The Hall–Kier alpha value is -2.68. The molecule has 2 aromatic rings. The van der Waals surface area contributed by atoms with Gasteiger partial charge in [0.1, 0.15) is 0 Å². The van der Waals surface area contributed by atoms with Gasteiger partial charge in [0.05, 0.1) is 10.7 Å². The fourth-order valence-electron chi connectivity index (χ4n) is 2.77. The summed E-state index contributed by atoms with van der Waals surface area (Å²) in [5.74, 6) is 0.454. The Kier molecular flexibility index (Phi) is 6.36. The molecule has 0 saturated heterocycles. The number of cyclic esters (lactones) is 1. The molecule has 0 saturated carbocycles. The number of esters is 2. The predicted molar refractivity (Wildman–Crippen MR) is 118 cm³/mol. The van der Waals surface area contributed by atoms with Gasteiger partial charge in [0.15, 0.2) is 17.2 Å². The predicted octanol–water partition coefficient (Wildman–Crippen LogP) is 4.69. The number of hydrogen-bond donors (Lipinski definition) is 0. The maximum Gasteiger partial charge on any atom is 0.363 e. The van der Waals surface area contributed by atoms with Gasteiger partial charge in [-0.05, 0) is 70.0 Å². The highest BCUT2D eigenvalue weighted by atomic mass is 127. The number of nitrogens with zero attached hydrogens (tertiary/aromatic N) is 1. The van der Waals surface area contributed by atoms with E-state index in [9.17, 15) is 9.59 Å². The molecule has 0 radical (unpaired) electrons. The van der Waals surface area contributed by atoms with Crippen molar-refractivity contribution < 1.29 is 23.8 Å². The Morgan fingerprint density at radius 1 is 1.21 bits per heavy atom. The first-order valence-electron chi connectivity index (χ1n) is 8.97. The number of ether oxygens (including phenoxy) is 3. The summed E-state index contributed by atoms with van der Waals surface area (Å²) in [7, 11) is 1.48. The molecule has 2 aromatic carbocycles. The second kappa shape index (κ2) is 8.77. The normalized spacial score (nSPS) is 14.8. The summed E-state index contributed by atoms with van der Waals surface area (Å²) in [6.07, 6.45) is 1.61. The van der Waals surface area contributed by atoms with Crippen LogP contribution in [0.15, 0.2) is 47.1 Å². The fourth-order valence-corrected chi connectivity index (χ4v) is 3.50. The standard InChI is InChI=1S/C22H20INO5/c1-12(2)15-5-7-16(8-6-15)21-24-18(22(26)29-21)10-14-9-17(23)20(28-13(3)25)19(11-14)27-4/h5-12H,1-4H3/b18-10-. The number of carbonyl (C=O) groups excluding carboxylic acids is 2. The number of aliphatic imine (C=N–C) groups is 1. The van der Waals surface area contributed by atoms with Crippen LogP contribution in [0.3, 0.4) is 0 Å². The zero-order valence-electron chi connectivity index (χ0n) is 16.5. The van der Waals surface area contributed by atoms with E-state index < -0.39 is 11.9 Å². The Bertz CT molecular complexity index is 1020. The minimum absolute atomic E-state index is 0.186. The summed E-state index contributed by atoms with van der Waals surface area (Å²) in [6, 6.07) is 11.2. The molecule has 6 nitrogen and oxygen atoms in total. The van der Waals surface area contributed by atoms with Crippen molar-refractivity contribution in [3.05, 3.63) is 62.4 Å². The highest BCUT2D eigenvalue weighted by molar-refractivity contribution is 14.1. The van der Waals surface area contributed by atoms with Crippen molar-refractivity contribution in [2.45, 2.75) is 26.7 Å². The van der Waals surface area contributed by atoms with Gasteiger partial charge in [0.25, 0.3) is 0 Å². The highest BCUT2D eigenvalue weighted by Crippen LogP contribution is 2.35. The van der Waals surface area contributed by atoms with Crippen molar-refractivity contribution in [2.24, 2.45) is 4.99 Å². The molecule has 0 spiro atoms. The largest absolute Gasteiger partial charge is 0.493 e. The lowest BCUT2D eigenvalue weighted by Crippen LogP contribution is -2.06.